The van der Waals surface area contributed by atoms with Gasteiger partial charge in [0.15, 0.2) is 0 Å². The van der Waals surface area contributed by atoms with E-state index in [0.717, 1.165) is 0 Å². The van der Waals surface area contributed by atoms with Crippen molar-refractivity contribution in [3.8, 4) is 5.75 Å². The van der Waals surface area contributed by atoms with Gasteiger partial charge in [0, 0.05) is 12.1 Å². The zero-order valence-corrected chi connectivity index (χ0v) is 14.3. The number of nitrogens with zero attached hydrogens (tertiary/aromatic N) is 2. The molecule has 1 saturated heterocycles. The summed E-state index contributed by atoms with van der Waals surface area (Å²) in [6, 6.07) is 11.2. The van der Waals surface area contributed by atoms with Crippen molar-refractivity contribution in [3.63, 3.8) is 0 Å². The quantitative estimate of drug-likeness (QED) is 0.470. The molecule has 136 valence electrons. The minimum Gasteiger partial charge on any atom is -0.507 e. The lowest BCUT2D eigenvalue weighted by molar-refractivity contribution is -0.384. The van der Waals surface area contributed by atoms with Gasteiger partial charge in [0.1, 0.15) is 5.75 Å². The molecule has 2 aromatic rings. The van der Waals surface area contributed by atoms with Gasteiger partial charge in [-0.1, -0.05) is 24.3 Å². The zero-order valence-electron chi connectivity index (χ0n) is 13.5. The van der Waals surface area contributed by atoms with Crippen LogP contribution < -0.4 is 5.43 Å². The van der Waals surface area contributed by atoms with Crippen LogP contribution in [0.4, 0.5) is 10.5 Å². The number of nitro groups is 1. The Hall–Kier alpha value is -3.66. The molecule has 1 aliphatic heterocycles. The third-order valence-electron chi connectivity index (χ3n) is 3.53. The number of nitro benzene ring substituents is 1. The largest absolute Gasteiger partial charge is 0.507 e. The number of phenols is 1. The molecule has 2 N–H and O–H groups in total. The molecular formula is C17H11N3O6S. The van der Waals surface area contributed by atoms with Crippen molar-refractivity contribution in [1.29, 1.82) is 0 Å². The van der Waals surface area contributed by atoms with Crippen molar-refractivity contribution in [3.05, 3.63) is 74.7 Å². The van der Waals surface area contributed by atoms with Gasteiger partial charge in [-0.25, -0.2) is 0 Å². The van der Waals surface area contributed by atoms with E-state index in [1.807, 2.05) is 0 Å². The first-order valence-electron chi connectivity index (χ1n) is 7.48. The predicted octanol–water partition coefficient (Wildman–Crippen LogP) is 2.68. The van der Waals surface area contributed by atoms with Gasteiger partial charge in [-0.05, 0) is 35.5 Å². The maximum absolute atomic E-state index is 12.4. The van der Waals surface area contributed by atoms with Gasteiger partial charge < -0.3 is 5.11 Å². The Kier molecular flexibility index (Phi) is 4.90. The first-order valence-corrected chi connectivity index (χ1v) is 8.30. The summed E-state index contributed by atoms with van der Waals surface area (Å²) in [5, 5.41) is 20.3. The summed E-state index contributed by atoms with van der Waals surface area (Å²) >= 11 is 0.584. The molecule has 10 heteroatoms. The first kappa shape index (κ1) is 18.1. The molecule has 1 aliphatic rings. The molecule has 0 aromatic heterocycles. The maximum Gasteiger partial charge on any atom is 0.312 e. The molecule has 0 atom stereocenters. The summed E-state index contributed by atoms with van der Waals surface area (Å²) in [5.41, 5.74) is 2.25. The Bertz CT molecular complexity index is 1000. The van der Waals surface area contributed by atoms with Crippen LogP contribution in [-0.2, 0) is 4.79 Å². The van der Waals surface area contributed by atoms with Crippen LogP contribution in [0.2, 0.25) is 0 Å². The number of non-ortho nitro benzene ring substituents is 1. The van der Waals surface area contributed by atoms with E-state index in [2.05, 4.69) is 5.43 Å². The molecular weight excluding hydrogens is 374 g/mol. The van der Waals surface area contributed by atoms with E-state index in [0.29, 0.717) is 22.3 Å². The SMILES string of the molecule is O=C(NN1C(=O)SC(=Cc2cccc([N+](=O)[O-])c2)C1=O)c1ccccc1O. The normalized spacial score (nSPS) is 15.3. The first-order chi connectivity index (χ1) is 12.9. The van der Waals surface area contributed by atoms with Crippen LogP contribution in [0.3, 0.4) is 0 Å². The van der Waals surface area contributed by atoms with Crippen LogP contribution in [0.5, 0.6) is 5.75 Å². The number of hydrazine groups is 1. The summed E-state index contributed by atoms with van der Waals surface area (Å²) in [5.74, 6) is -1.90. The number of benzene rings is 2. The summed E-state index contributed by atoms with van der Waals surface area (Å²) in [7, 11) is 0. The summed E-state index contributed by atoms with van der Waals surface area (Å²) in [4.78, 5) is 46.9. The van der Waals surface area contributed by atoms with Crippen LogP contribution in [-0.4, -0.2) is 32.1 Å². The molecule has 0 radical (unpaired) electrons. The number of carbonyl (C=O) groups is 3. The summed E-state index contributed by atoms with van der Waals surface area (Å²) < 4.78 is 0. The Morgan fingerprint density at radius 1 is 1.19 bits per heavy atom. The molecule has 3 amide bonds. The fourth-order valence-electron chi connectivity index (χ4n) is 2.27. The second kappa shape index (κ2) is 7.30. The smallest absolute Gasteiger partial charge is 0.312 e. The fraction of sp³-hybridized carbons (Fsp3) is 0. The molecule has 0 bridgehead atoms. The standard InChI is InChI=1S/C17H11N3O6S/c21-13-7-2-1-6-12(13)15(22)18-19-16(23)14(27-17(19)24)9-10-4-3-5-11(8-10)20(25)26/h1-9,21H,(H,18,22). The average molecular weight is 385 g/mol. The van der Waals surface area contributed by atoms with Gasteiger partial charge in [-0.2, -0.15) is 5.01 Å². The van der Waals surface area contributed by atoms with E-state index < -0.39 is 22.0 Å². The molecule has 27 heavy (non-hydrogen) atoms. The molecule has 0 unspecified atom stereocenters. The number of carbonyl (C=O) groups excluding carboxylic acids is 3. The molecule has 0 spiro atoms. The minimum absolute atomic E-state index is 0.00178. The van der Waals surface area contributed by atoms with Gasteiger partial charge in [-0.3, -0.25) is 29.9 Å². The van der Waals surface area contributed by atoms with Gasteiger partial charge in [0.05, 0.1) is 15.4 Å². The van der Waals surface area contributed by atoms with E-state index in [4.69, 9.17) is 0 Å². The van der Waals surface area contributed by atoms with E-state index in [1.54, 1.807) is 6.07 Å². The molecule has 0 aliphatic carbocycles. The van der Waals surface area contributed by atoms with Crippen molar-refractivity contribution in [1.82, 2.24) is 10.4 Å². The second-order valence-corrected chi connectivity index (χ2v) is 6.32. The number of phenolic OH excluding ortho intramolecular Hbond substituents is 1. The van der Waals surface area contributed by atoms with Crippen LogP contribution >= 0.6 is 11.8 Å². The topological polar surface area (TPSA) is 130 Å². The second-order valence-electron chi connectivity index (χ2n) is 5.33. The Labute approximate surface area is 156 Å². The van der Waals surface area contributed by atoms with Gasteiger partial charge >= 0.3 is 5.24 Å². The lowest BCUT2D eigenvalue weighted by atomic mass is 10.2. The number of aromatic hydroxyl groups is 1. The monoisotopic (exact) mass is 385 g/mol. The number of hydrogen-bond donors (Lipinski definition) is 2. The third-order valence-corrected chi connectivity index (χ3v) is 4.40. The third kappa shape index (κ3) is 3.80. The number of para-hydroxylation sites is 1. The molecule has 1 fully saturated rings. The highest BCUT2D eigenvalue weighted by atomic mass is 32.2. The van der Waals surface area contributed by atoms with Crippen molar-refractivity contribution in [2.45, 2.75) is 0 Å². The number of amides is 3. The molecule has 0 saturated carbocycles. The fourth-order valence-corrected chi connectivity index (χ4v) is 3.05. The van der Waals surface area contributed by atoms with Gasteiger partial charge in [0.25, 0.3) is 17.5 Å². The van der Waals surface area contributed by atoms with Crippen molar-refractivity contribution >= 4 is 40.6 Å². The van der Waals surface area contributed by atoms with E-state index in [9.17, 15) is 29.6 Å². The van der Waals surface area contributed by atoms with E-state index in [1.165, 1.54) is 48.5 Å². The number of hydrogen-bond acceptors (Lipinski definition) is 7. The van der Waals surface area contributed by atoms with E-state index >= 15 is 0 Å². The number of rotatable bonds is 4. The Balaban J connectivity index is 1.81. The van der Waals surface area contributed by atoms with Crippen molar-refractivity contribution in [2.75, 3.05) is 0 Å². The summed E-state index contributed by atoms with van der Waals surface area (Å²) in [6.45, 7) is 0. The molecule has 1 heterocycles. The minimum atomic E-state index is -0.827. The van der Waals surface area contributed by atoms with Crippen LogP contribution in [0.1, 0.15) is 15.9 Å². The lowest BCUT2D eigenvalue weighted by Gasteiger charge is -2.14. The van der Waals surface area contributed by atoms with Crippen molar-refractivity contribution < 1.29 is 24.4 Å². The number of thioether (sulfide) groups is 1. The predicted molar refractivity (Wildman–Crippen MR) is 96.5 cm³/mol. The number of nitrogens with one attached hydrogen (secondary N) is 1. The molecule has 3 rings (SSSR count). The Morgan fingerprint density at radius 2 is 1.93 bits per heavy atom. The van der Waals surface area contributed by atoms with Crippen LogP contribution in [0.15, 0.2) is 53.4 Å². The molecule has 9 nitrogen and oxygen atoms in total. The molecule has 2 aromatic carbocycles. The van der Waals surface area contributed by atoms with Crippen molar-refractivity contribution in [2.24, 2.45) is 0 Å². The van der Waals surface area contributed by atoms with Gasteiger partial charge in [-0.15, -0.1) is 0 Å². The van der Waals surface area contributed by atoms with Crippen LogP contribution in [0.25, 0.3) is 6.08 Å². The number of imide groups is 1. The zero-order chi connectivity index (χ0) is 19.6. The van der Waals surface area contributed by atoms with Crippen LogP contribution in [0, 0.1) is 10.1 Å². The highest BCUT2D eigenvalue weighted by Gasteiger charge is 2.37. The highest BCUT2D eigenvalue weighted by molar-refractivity contribution is 8.18. The highest BCUT2D eigenvalue weighted by Crippen LogP contribution is 2.31. The maximum atomic E-state index is 12.4. The lowest BCUT2D eigenvalue weighted by Crippen LogP contribution is -2.44. The van der Waals surface area contributed by atoms with E-state index in [-0.39, 0.29) is 21.9 Å². The average Bonchev–Trinajstić information content (AvgIpc) is 2.89. The van der Waals surface area contributed by atoms with Gasteiger partial charge in [0.2, 0.25) is 0 Å². The Morgan fingerprint density at radius 3 is 2.63 bits per heavy atom. The summed E-state index contributed by atoms with van der Waals surface area (Å²) in [6.07, 6.45) is 1.32.